The Balaban J connectivity index is 3.25. The van der Waals surface area contributed by atoms with Crippen molar-refractivity contribution in [3.05, 3.63) is 29.6 Å². The second-order valence-corrected chi connectivity index (χ2v) is 1.60. The van der Waals surface area contributed by atoms with E-state index in [1.807, 2.05) is 0 Å². The molecule has 0 aromatic carbocycles. The summed E-state index contributed by atoms with van der Waals surface area (Å²) in [5.41, 5.74) is -0.375. The normalized spacial score (nSPS) is 8.90. The third kappa shape index (κ3) is 1.08. The molecule has 0 amide bonds. The first-order valence-corrected chi connectivity index (χ1v) is 2.45. The molecular formula is C6H2F2N2. The summed E-state index contributed by atoms with van der Waals surface area (Å²) in [7, 11) is 0. The summed E-state index contributed by atoms with van der Waals surface area (Å²) in [6.45, 7) is 0. The third-order valence-corrected chi connectivity index (χ3v) is 0.926. The van der Waals surface area contributed by atoms with E-state index >= 15 is 0 Å². The Bertz CT molecular complexity index is 290. The van der Waals surface area contributed by atoms with Crippen LogP contribution in [-0.4, -0.2) is 4.98 Å². The minimum atomic E-state index is -0.941. The highest BCUT2D eigenvalue weighted by atomic mass is 19.1. The molecule has 1 rings (SSSR count). The van der Waals surface area contributed by atoms with Gasteiger partial charge in [0.2, 0.25) is 5.95 Å². The first-order valence-electron chi connectivity index (χ1n) is 2.45. The summed E-state index contributed by atoms with van der Waals surface area (Å²) in [5.74, 6) is -1.65. The van der Waals surface area contributed by atoms with Crippen molar-refractivity contribution in [2.75, 3.05) is 0 Å². The zero-order chi connectivity index (χ0) is 7.56. The summed E-state index contributed by atoms with van der Waals surface area (Å²) in [6, 6.07) is 2.25. The Morgan fingerprint density at radius 2 is 2.20 bits per heavy atom. The maximum atomic E-state index is 12.3. The molecule has 1 aromatic rings. The molecule has 50 valence electrons. The number of halogens is 2. The van der Waals surface area contributed by atoms with Crippen LogP contribution in [0.4, 0.5) is 8.78 Å². The molecule has 0 aliphatic heterocycles. The van der Waals surface area contributed by atoms with Gasteiger partial charge in [0.25, 0.3) is 0 Å². The van der Waals surface area contributed by atoms with Gasteiger partial charge in [-0.15, -0.1) is 0 Å². The largest absolute Gasteiger partial charge is 0.230 e. The lowest BCUT2D eigenvalue weighted by molar-refractivity contribution is 0.556. The van der Waals surface area contributed by atoms with Crippen molar-refractivity contribution in [2.24, 2.45) is 0 Å². The molecule has 0 spiro atoms. The van der Waals surface area contributed by atoms with E-state index in [1.54, 1.807) is 0 Å². The van der Waals surface area contributed by atoms with E-state index in [1.165, 1.54) is 6.07 Å². The summed E-state index contributed by atoms with van der Waals surface area (Å²) >= 11 is 0. The molecule has 0 saturated heterocycles. The highest BCUT2D eigenvalue weighted by Crippen LogP contribution is 2.03. The van der Waals surface area contributed by atoms with Crippen molar-refractivity contribution in [1.29, 1.82) is 5.26 Å². The van der Waals surface area contributed by atoms with Gasteiger partial charge in [-0.1, -0.05) is 0 Å². The monoisotopic (exact) mass is 140 g/mol. The van der Waals surface area contributed by atoms with Crippen molar-refractivity contribution in [3.8, 4) is 6.07 Å². The molecule has 0 radical (unpaired) electrons. The third-order valence-electron chi connectivity index (χ3n) is 0.926. The molecule has 1 heterocycles. The number of aromatic nitrogens is 1. The summed E-state index contributed by atoms with van der Waals surface area (Å²) in [4.78, 5) is 2.99. The summed E-state index contributed by atoms with van der Waals surface area (Å²) < 4.78 is 24.4. The molecule has 1 aromatic heterocycles. The van der Waals surface area contributed by atoms with Crippen LogP contribution in [-0.2, 0) is 0 Å². The number of rotatable bonds is 0. The van der Waals surface area contributed by atoms with Crippen molar-refractivity contribution in [2.45, 2.75) is 0 Å². The molecule has 0 N–H and O–H groups in total. The lowest BCUT2D eigenvalue weighted by Crippen LogP contribution is -1.89. The zero-order valence-electron chi connectivity index (χ0n) is 4.81. The fourth-order valence-electron chi connectivity index (χ4n) is 0.501. The topological polar surface area (TPSA) is 36.7 Å². The van der Waals surface area contributed by atoms with Crippen LogP contribution in [0.25, 0.3) is 0 Å². The Hall–Kier alpha value is -1.50. The summed E-state index contributed by atoms with van der Waals surface area (Å²) in [5, 5.41) is 8.15. The Kier molecular flexibility index (Phi) is 1.59. The van der Waals surface area contributed by atoms with Crippen molar-refractivity contribution < 1.29 is 8.78 Å². The van der Waals surface area contributed by atoms with E-state index in [2.05, 4.69) is 4.98 Å². The van der Waals surface area contributed by atoms with E-state index in [0.717, 1.165) is 12.3 Å². The maximum absolute atomic E-state index is 12.3. The number of nitriles is 1. The highest BCUT2D eigenvalue weighted by molar-refractivity contribution is 5.26. The SMILES string of the molecule is N#Cc1cc(F)cnc1F. The number of pyridine rings is 1. The lowest BCUT2D eigenvalue weighted by Gasteiger charge is -1.89. The minimum absolute atomic E-state index is 0.375. The number of hydrogen-bond donors (Lipinski definition) is 0. The zero-order valence-corrected chi connectivity index (χ0v) is 4.81. The van der Waals surface area contributed by atoms with Gasteiger partial charge in [-0.05, 0) is 6.07 Å². The first-order chi connectivity index (χ1) is 4.74. The van der Waals surface area contributed by atoms with E-state index in [4.69, 9.17) is 5.26 Å². The van der Waals surface area contributed by atoms with Crippen molar-refractivity contribution >= 4 is 0 Å². The Labute approximate surface area is 55.7 Å². The molecule has 0 saturated carbocycles. The number of hydrogen-bond acceptors (Lipinski definition) is 2. The predicted octanol–water partition coefficient (Wildman–Crippen LogP) is 1.23. The fourth-order valence-corrected chi connectivity index (χ4v) is 0.501. The first kappa shape index (κ1) is 6.62. The van der Waals surface area contributed by atoms with E-state index in [0.29, 0.717) is 0 Å². The molecule has 0 aliphatic carbocycles. The van der Waals surface area contributed by atoms with Gasteiger partial charge in [0.05, 0.1) is 6.20 Å². The molecule has 0 fully saturated rings. The molecule has 0 atom stereocenters. The van der Waals surface area contributed by atoms with Crippen LogP contribution < -0.4 is 0 Å². The average molecular weight is 140 g/mol. The molecule has 0 unspecified atom stereocenters. The average Bonchev–Trinajstić information content (AvgIpc) is 1.94. The molecule has 0 aliphatic rings. The van der Waals surface area contributed by atoms with Crippen molar-refractivity contribution in [1.82, 2.24) is 4.98 Å². The van der Waals surface area contributed by atoms with Gasteiger partial charge in [0, 0.05) is 0 Å². The van der Waals surface area contributed by atoms with Gasteiger partial charge in [0.15, 0.2) is 0 Å². The van der Waals surface area contributed by atoms with E-state index < -0.39 is 11.8 Å². The quantitative estimate of drug-likeness (QED) is 0.508. The standard InChI is InChI=1S/C6H2F2N2/c7-5-1-4(2-9)6(8)10-3-5/h1,3H. The van der Waals surface area contributed by atoms with Gasteiger partial charge < -0.3 is 0 Å². The molecule has 0 bridgehead atoms. The van der Waals surface area contributed by atoms with Crippen LogP contribution in [0.15, 0.2) is 12.3 Å². The summed E-state index contributed by atoms with van der Waals surface area (Å²) in [6.07, 6.45) is 0.718. The molecular weight excluding hydrogens is 138 g/mol. The van der Waals surface area contributed by atoms with Gasteiger partial charge in [-0.2, -0.15) is 9.65 Å². The maximum Gasteiger partial charge on any atom is 0.230 e. The van der Waals surface area contributed by atoms with Crippen LogP contribution >= 0.6 is 0 Å². The van der Waals surface area contributed by atoms with E-state index in [9.17, 15) is 8.78 Å². The van der Waals surface area contributed by atoms with Crippen LogP contribution in [0, 0.1) is 23.1 Å². The fraction of sp³-hybridized carbons (Fsp3) is 0. The Morgan fingerprint density at radius 3 is 2.70 bits per heavy atom. The van der Waals surface area contributed by atoms with Gasteiger partial charge in [-0.25, -0.2) is 9.37 Å². The second-order valence-electron chi connectivity index (χ2n) is 1.60. The Morgan fingerprint density at radius 1 is 1.50 bits per heavy atom. The minimum Gasteiger partial charge on any atom is -0.224 e. The van der Waals surface area contributed by atoms with Gasteiger partial charge in [-0.3, -0.25) is 0 Å². The molecule has 2 nitrogen and oxygen atoms in total. The molecule has 4 heteroatoms. The van der Waals surface area contributed by atoms with Crippen LogP contribution in [0.3, 0.4) is 0 Å². The van der Waals surface area contributed by atoms with Crippen molar-refractivity contribution in [3.63, 3.8) is 0 Å². The highest BCUT2D eigenvalue weighted by Gasteiger charge is 2.02. The van der Waals surface area contributed by atoms with Gasteiger partial charge >= 0.3 is 0 Å². The number of nitrogens with zero attached hydrogens (tertiary/aromatic N) is 2. The smallest absolute Gasteiger partial charge is 0.224 e. The van der Waals surface area contributed by atoms with Crippen LogP contribution in [0.5, 0.6) is 0 Å². The van der Waals surface area contributed by atoms with E-state index in [-0.39, 0.29) is 5.56 Å². The van der Waals surface area contributed by atoms with Crippen LogP contribution in [0.2, 0.25) is 0 Å². The lowest BCUT2D eigenvalue weighted by atomic mass is 10.3. The predicted molar refractivity (Wildman–Crippen MR) is 28.9 cm³/mol. The molecule has 10 heavy (non-hydrogen) atoms. The van der Waals surface area contributed by atoms with Gasteiger partial charge in [0.1, 0.15) is 17.4 Å². The van der Waals surface area contributed by atoms with Crippen LogP contribution in [0.1, 0.15) is 5.56 Å². The second kappa shape index (κ2) is 2.40.